The van der Waals surface area contributed by atoms with Crippen LogP contribution in [0.1, 0.15) is 19.3 Å². The molecule has 1 aliphatic heterocycles. The molecule has 1 saturated heterocycles. The molecule has 1 rings (SSSR count). The fraction of sp³-hybridized carbons (Fsp3) is 0.750. The summed E-state index contributed by atoms with van der Waals surface area (Å²) in [7, 11) is 0. The number of hydrogen-bond donors (Lipinski definition) is 1. The van der Waals surface area contributed by atoms with E-state index in [0.717, 1.165) is 18.6 Å². The van der Waals surface area contributed by atoms with Crippen LogP contribution in [0.5, 0.6) is 0 Å². The maximum absolute atomic E-state index is 8.85. The summed E-state index contributed by atoms with van der Waals surface area (Å²) >= 11 is 1.84. The molecule has 0 aliphatic carbocycles. The lowest BCUT2D eigenvalue weighted by atomic mass is 10.1. The summed E-state index contributed by atoms with van der Waals surface area (Å²) in [5, 5.41) is 9.32. The van der Waals surface area contributed by atoms with E-state index >= 15 is 0 Å². The van der Waals surface area contributed by atoms with Gasteiger partial charge in [0.05, 0.1) is 6.61 Å². The molecule has 1 aliphatic rings. The Morgan fingerprint density at radius 2 is 2.50 bits per heavy atom. The molecule has 0 radical (unpaired) electrons. The Hall–Kier alpha value is 0.0500. The smallest absolute Gasteiger partial charge is 0.0550 e. The Morgan fingerprint density at radius 1 is 1.70 bits per heavy atom. The van der Waals surface area contributed by atoms with Crippen LogP contribution in [0.4, 0.5) is 0 Å². The molecule has 1 N–H and O–H groups in total. The van der Waals surface area contributed by atoms with Gasteiger partial charge in [0.1, 0.15) is 0 Å². The van der Waals surface area contributed by atoms with Gasteiger partial charge in [-0.2, -0.15) is 11.8 Å². The summed E-state index contributed by atoms with van der Waals surface area (Å²) in [6.45, 7) is 4.27. The van der Waals surface area contributed by atoms with Gasteiger partial charge in [-0.1, -0.05) is 12.2 Å². The van der Waals surface area contributed by atoms with Crippen molar-refractivity contribution in [3.63, 3.8) is 0 Å². The zero-order chi connectivity index (χ0) is 7.40. The van der Waals surface area contributed by atoms with Crippen molar-refractivity contribution in [3.05, 3.63) is 12.2 Å². The molecular formula is C8H14OS. The lowest BCUT2D eigenvalue weighted by Crippen LogP contribution is -2.06. The molecule has 0 spiro atoms. The van der Waals surface area contributed by atoms with E-state index in [1.165, 1.54) is 12.0 Å². The first kappa shape index (κ1) is 8.15. The van der Waals surface area contributed by atoms with Gasteiger partial charge in [-0.15, -0.1) is 0 Å². The van der Waals surface area contributed by atoms with Gasteiger partial charge >= 0.3 is 0 Å². The molecule has 0 aromatic carbocycles. The third-order valence-electron chi connectivity index (χ3n) is 1.78. The van der Waals surface area contributed by atoms with Crippen LogP contribution in [-0.2, 0) is 0 Å². The van der Waals surface area contributed by atoms with Crippen LogP contribution in [0.3, 0.4) is 0 Å². The third-order valence-corrected chi connectivity index (χ3v) is 3.21. The van der Waals surface area contributed by atoms with Crippen LogP contribution < -0.4 is 0 Å². The van der Waals surface area contributed by atoms with Crippen LogP contribution in [0, 0.1) is 0 Å². The van der Waals surface area contributed by atoms with E-state index in [1.54, 1.807) is 0 Å². The average molecular weight is 158 g/mol. The molecule has 0 aromatic rings. The minimum absolute atomic E-state index is 0.331. The molecule has 1 fully saturated rings. The zero-order valence-corrected chi connectivity index (χ0v) is 6.99. The van der Waals surface area contributed by atoms with Crippen molar-refractivity contribution < 1.29 is 5.11 Å². The summed E-state index contributed by atoms with van der Waals surface area (Å²) in [6.07, 6.45) is 3.51. The molecule has 1 heterocycles. The largest absolute Gasteiger partial charge is 0.395 e. The Kier molecular flexibility index (Phi) is 3.29. The molecular weight excluding hydrogens is 144 g/mol. The van der Waals surface area contributed by atoms with E-state index in [-0.39, 0.29) is 0 Å². The summed E-state index contributed by atoms with van der Waals surface area (Å²) in [6, 6.07) is 0. The molecule has 0 aromatic heterocycles. The fourth-order valence-corrected chi connectivity index (χ4v) is 2.17. The average Bonchev–Trinajstić information content (AvgIpc) is 2.14. The normalized spacial score (nSPS) is 28.1. The molecule has 0 bridgehead atoms. The Balaban J connectivity index is 2.33. The van der Waals surface area contributed by atoms with Crippen molar-refractivity contribution >= 4 is 11.8 Å². The van der Waals surface area contributed by atoms with Crippen molar-refractivity contribution in [2.75, 3.05) is 12.4 Å². The number of hydrogen-bond acceptors (Lipinski definition) is 2. The predicted molar refractivity (Wildman–Crippen MR) is 46.3 cm³/mol. The monoisotopic (exact) mass is 158 g/mol. The molecule has 1 unspecified atom stereocenters. The van der Waals surface area contributed by atoms with E-state index in [4.69, 9.17) is 5.11 Å². The van der Waals surface area contributed by atoms with E-state index in [1.807, 2.05) is 11.8 Å². The van der Waals surface area contributed by atoms with Crippen LogP contribution in [-0.4, -0.2) is 22.7 Å². The minimum atomic E-state index is 0.331. The van der Waals surface area contributed by atoms with Gasteiger partial charge in [-0.05, 0) is 19.3 Å². The summed E-state index contributed by atoms with van der Waals surface area (Å²) in [4.78, 5) is 0. The van der Waals surface area contributed by atoms with Crippen LogP contribution in [0.25, 0.3) is 0 Å². The van der Waals surface area contributed by atoms with Gasteiger partial charge in [0, 0.05) is 11.0 Å². The highest BCUT2D eigenvalue weighted by atomic mass is 32.2. The summed E-state index contributed by atoms with van der Waals surface area (Å²) < 4.78 is 0. The second-order valence-corrected chi connectivity index (χ2v) is 4.05. The topological polar surface area (TPSA) is 20.2 Å². The molecule has 0 amide bonds. The molecule has 1 atom stereocenters. The highest BCUT2D eigenvalue weighted by Gasteiger charge is 2.12. The van der Waals surface area contributed by atoms with Crippen molar-refractivity contribution in [1.82, 2.24) is 0 Å². The minimum Gasteiger partial charge on any atom is -0.395 e. The second-order valence-electron chi connectivity index (χ2n) is 2.76. The van der Waals surface area contributed by atoms with E-state index in [2.05, 4.69) is 6.58 Å². The van der Waals surface area contributed by atoms with Gasteiger partial charge in [-0.3, -0.25) is 0 Å². The van der Waals surface area contributed by atoms with Gasteiger partial charge < -0.3 is 5.11 Å². The zero-order valence-electron chi connectivity index (χ0n) is 6.18. The summed E-state index contributed by atoms with van der Waals surface area (Å²) in [5.41, 5.74) is 1.33. The SMILES string of the molecule is C=C1CCCC(CO)SC1. The van der Waals surface area contributed by atoms with Gasteiger partial charge in [0.25, 0.3) is 0 Å². The maximum atomic E-state index is 8.85. The van der Waals surface area contributed by atoms with Crippen LogP contribution in [0.2, 0.25) is 0 Å². The highest BCUT2D eigenvalue weighted by Crippen LogP contribution is 2.25. The van der Waals surface area contributed by atoms with Gasteiger partial charge in [0.2, 0.25) is 0 Å². The van der Waals surface area contributed by atoms with Crippen molar-refractivity contribution in [2.24, 2.45) is 0 Å². The van der Waals surface area contributed by atoms with E-state index in [9.17, 15) is 0 Å². The molecule has 2 heteroatoms. The first-order chi connectivity index (χ1) is 4.83. The first-order valence-corrected chi connectivity index (χ1v) is 4.77. The molecule has 0 saturated carbocycles. The first-order valence-electron chi connectivity index (χ1n) is 3.72. The van der Waals surface area contributed by atoms with Crippen molar-refractivity contribution in [3.8, 4) is 0 Å². The highest BCUT2D eigenvalue weighted by molar-refractivity contribution is 8.00. The van der Waals surface area contributed by atoms with Crippen molar-refractivity contribution in [1.29, 1.82) is 0 Å². The Labute approximate surface area is 66.5 Å². The summed E-state index contributed by atoms with van der Waals surface area (Å²) in [5.74, 6) is 1.05. The predicted octanol–water partition coefficient (Wildman–Crippen LogP) is 1.82. The molecule has 1 nitrogen and oxygen atoms in total. The fourth-order valence-electron chi connectivity index (χ4n) is 1.11. The molecule has 10 heavy (non-hydrogen) atoms. The number of aliphatic hydroxyl groups is 1. The van der Waals surface area contributed by atoms with E-state index in [0.29, 0.717) is 11.9 Å². The number of thioether (sulfide) groups is 1. The lowest BCUT2D eigenvalue weighted by Gasteiger charge is -2.07. The lowest BCUT2D eigenvalue weighted by molar-refractivity contribution is 0.290. The number of rotatable bonds is 1. The van der Waals surface area contributed by atoms with Gasteiger partial charge in [-0.25, -0.2) is 0 Å². The Bertz CT molecular complexity index is 122. The number of aliphatic hydroxyl groups excluding tert-OH is 1. The standard InChI is InChI=1S/C8H14OS/c1-7-3-2-4-8(5-9)10-6-7/h8-9H,1-6H2. The maximum Gasteiger partial charge on any atom is 0.0550 e. The van der Waals surface area contributed by atoms with E-state index < -0.39 is 0 Å². The van der Waals surface area contributed by atoms with Crippen LogP contribution >= 0.6 is 11.8 Å². The quantitative estimate of drug-likeness (QED) is 0.587. The van der Waals surface area contributed by atoms with Gasteiger partial charge in [0.15, 0.2) is 0 Å². The second kappa shape index (κ2) is 4.04. The van der Waals surface area contributed by atoms with Crippen molar-refractivity contribution in [2.45, 2.75) is 24.5 Å². The van der Waals surface area contributed by atoms with Crippen LogP contribution in [0.15, 0.2) is 12.2 Å². The molecule has 58 valence electrons. The Morgan fingerprint density at radius 3 is 3.20 bits per heavy atom. The third kappa shape index (κ3) is 2.35.